The predicted octanol–water partition coefficient (Wildman–Crippen LogP) is 5.08. The van der Waals surface area contributed by atoms with Gasteiger partial charge in [0.25, 0.3) is 0 Å². The minimum absolute atomic E-state index is 0.190. The van der Waals surface area contributed by atoms with Crippen LogP contribution in [0.3, 0.4) is 0 Å². The van der Waals surface area contributed by atoms with Crippen LogP contribution in [0.2, 0.25) is 0 Å². The quantitative estimate of drug-likeness (QED) is 0.623. The van der Waals surface area contributed by atoms with Gasteiger partial charge in [0.15, 0.2) is 0 Å². The maximum absolute atomic E-state index is 13.2. The van der Waals surface area contributed by atoms with E-state index in [1.807, 2.05) is 19.2 Å². The number of rotatable bonds is 9. The highest BCUT2D eigenvalue weighted by Gasteiger charge is 2.08. The molecule has 108 valence electrons. The lowest BCUT2D eigenvalue weighted by Crippen LogP contribution is -2.27. The number of likely N-dealkylation sites (N-methyl/N-ethyl adjacent to an activating group) is 1. The van der Waals surface area contributed by atoms with Gasteiger partial charge in [0.1, 0.15) is 5.82 Å². The van der Waals surface area contributed by atoms with Crippen molar-refractivity contribution in [1.82, 2.24) is 5.32 Å². The van der Waals surface area contributed by atoms with Crippen molar-refractivity contribution in [2.24, 2.45) is 0 Å². The first kappa shape index (κ1) is 16.6. The summed E-state index contributed by atoms with van der Waals surface area (Å²) in [6.45, 7) is 2.24. The van der Waals surface area contributed by atoms with Crippen LogP contribution in [0.15, 0.2) is 22.7 Å². The Bertz CT molecular complexity index is 368. The zero-order valence-corrected chi connectivity index (χ0v) is 13.6. The van der Waals surface area contributed by atoms with E-state index in [1.54, 1.807) is 0 Å². The molecule has 0 radical (unpaired) electrons. The molecule has 0 aliphatic heterocycles. The van der Waals surface area contributed by atoms with Gasteiger partial charge in [-0.2, -0.15) is 0 Å². The number of halogens is 2. The lowest BCUT2D eigenvalue weighted by molar-refractivity contribution is 0.481. The monoisotopic (exact) mass is 329 g/mol. The van der Waals surface area contributed by atoms with Crippen LogP contribution in [0, 0.1) is 5.82 Å². The van der Waals surface area contributed by atoms with Crippen LogP contribution in [-0.2, 0) is 6.42 Å². The van der Waals surface area contributed by atoms with Gasteiger partial charge in [-0.25, -0.2) is 4.39 Å². The first-order valence-electron chi connectivity index (χ1n) is 7.28. The van der Waals surface area contributed by atoms with Crippen molar-refractivity contribution >= 4 is 15.9 Å². The molecule has 0 bridgehead atoms. The summed E-state index contributed by atoms with van der Waals surface area (Å²) in [4.78, 5) is 0. The maximum atomic E-state index is 13.2. The zero-order chi connectivity index (χ0) is 14.1. The summed E-state index contributed by atoms with van der Waals surface area (Å²) < 4.78 is 13.7. The van der Waals surface area contributed by atoms with E-state index < -0.39 is 0 Å². The van der Waals surface area contributed by atoms with Crippen LogP contribution in [-0.4, -0.2) is 13.1 Å². The van der Waals surface area contributed by atoms with Crippen molar-refractivity contribution in [1.29, 1.82) is 0 Å². The molecule has 0 amide bonds. The Hall–Kier alpha value is -0.410. The van der Waals surface area contributed by atoms with Crippen LogP contribution in [0.1, 0.15) is 51.0 Å². The summed E-state index contributed by atoms with van der Waals surface area (Å²) in [5.41, 5.74) is 1.18. The number of hydrogen-bond acceptors (Lipinski definition) is 1. The van der Waals surface area contributed by atoms with Gasteiger partial charge < -0.3 is 5.32 Å². The smallest absolute Gasteiger partial charge is 0.137 e. The molecule has 1 aromatic carbocycles. The van der Waals surface area contributed by atoms with Crippen LogP contribution in [0.25, 0.3) is 0 Å². The van der Waals surface area contributed by atoms with E-state index in [1.165, 1.54) is 50.2 Å². The van der Waals surface area contributed by atoms with Gasteiger partial charge in [0.2, 0.25) is 0 Å². The molecule has 0 aromatic heterocycles. The van der Waals surface area contributed by atoms with E-state index in [4.69, 9.17) is 0 Å². The normalized spacial score (nSPS) is 12.6. The molecule has 1 N–H and O–H groups in total. The Kier molecular flexibility index (Phi) is 8.31. The summed E-state index contributed by atoms with van der Waals surface area (Å²) in [6.07, 6.45) is 8.72. The summed E-state index contributed by atoms with van der Waals surface area (Å²) >= 11 is 3.24. The molecule has 1 atom stereocenters. The minimum atomic E-state index is -0.190. The molecule has 0 aliphatic rings. The topological polar surface area (TPSA) is 12.0 Å². The largest absolute Gasteiger partial charge is 0.317 e. The number of unbranched alkanes of at least 4 members (excludes halogenated alkanes) is 4. The van der Waals surface area contributed by atoms with Crippen molar-refractivity contribution in [3.05, 3.63) is 34.1 Å². The second-order valence-corrected chi connectivity index (χ2v) is 6.00. The van der Waals surface area contributed by atoms with Crippen molar-refractivity contribution < 1.29 is 4.39 Å². The standard InChI is InChI=1S/C16H25BrFN/c1-3-4-5-6-7-8-14(19-2)11-13-9-10-16(18)15(17)12-13/h9-10,12,14,19H,3-8,11H2,1-2H3. The molecule has 1 aromatic rings. The van der Waals surface area contributed by atoms with E-state index in [-0.39, 0.29) is 5.82 Å². The Morgan fingerprint density at radius 2 is 1.95 bits per heavy atom. The van der Waals surface area contributed by atoms with E-state index in [0.717, 1.165) is 6.42 Å². The minimum Gasteiger partial charge on any atom is -0.317 e. The molecule has 19 heavy (non-hydrogen) atoms. The van der Waals surface area contributed by atoms with Gasteiger partial charge in [-0.1, -0.05) is 45.1 Å². The van der Waals surface area contributed by atoms with Crippen LogP contribution in [0.4, 0.5) is 4.39 Å². The fourth-order valence-electron chi connectivity index (χ4n) is 2.29. The Morgan fingerprint density at radius 1 is 1.21 bits per heavy atom. The van der Waals surface area contributed by atoms with Gasteiger partial charge in [-0.3, -0.25) is 0 Å². The summed E-state index contributed by atoms with van der Waals surface area (Å²) in [5, 5.41) is 3.37. The van der Waals surface area contributed by atoms with Gasteiger partial charge in [0, 0.05) is 6.04 Å². The number of benzene rings is 1. The first-order chi connectivity index (χ1) is 9.17. The Labute approximate surface area is 125 Å². The molecule has 1 nitrogen and oxygen atoms in total. The SMILES string of the molecule is CCCCCCCC(Cc1ccc(F)c(Br)c1)NC. The lowest BCUT2D eigenvalue weighted by atomic mass is 10.00. The van der Waals surface area contributed by atoms with Crippen LogP contribution < -0.4 is 5.32 Å². The molecular weight excluding hydrogens is 305 g/mol. The molecule has 0 aliphatic carbocycles. The zero-order valence-electron chi connectivity index (χ0n) is 12.0. The third kappa shape index (κ3) is 6.53. The fraction of sp³-hybridized carbons (Fsp3) is 0.625. The van der Waals surface area contributed by atoms with E-state index in [0.29, 0.717) is 10.5 Å². The van der Waals surface area contributed by atoms with E-state index in [2.05, 4.69) is 28.2 Å². The average molecular weight is 330 g/mol. The lowest BCUT2D eigenvalue weighted by Gasteiger charge is -2.16. The first-order valence-corrected chi connectivity index (χ1v) is 8.07. The molecule has 0 saturated heterocycles. The van der Waals surface area contributed by atoms with Crippen molar-refractivity contribution in [2.75, 3.05) is 7.05 Å². The Balaban J connectivity index is 2.36. The molecule has 1 unspecified atom stereocenters. The van der Waals surface area contributed by atoms with E-state index >= 15 is 0 Å². The van der Waals surface area contributed by atoms with Crippen molar-refractivity contribution in [2.45, 2.75) is 57.9 Å². The second kappa shape index (κ2) is 9.49. The third-order valence-corrected chi connectivity index (χ3v) is 4.14. The average Bonchev–Trinajstić information content (AvgIpc) is 2.41. The fourth-order valence-corrected chi connectivity index (χ4v) is 2.72. The molecular formula is C16H25BrFN. The van der Waals surface area contributed by atoms with Crippen molar-refractivity contribution in [3.8, 4) is 0 Å². The molecule has 1 rings (SSSR count). The highest BCUT2D eigenvalue weighted by atomic mass is 79.9. The number of nitrogens with one attached hydrogen (secondary N) is 1. The molecule has 0 heterocycles. The van der Waals surface area contributed by atoms with Gasteiger partial charge >= 0.3 is 0 Å². The van der Waals surface area contributed by atoms with E-state index in [9.17, 15) is 4.39 Å². The van der Waals surface area contributed by atoms with Gasteiger partial charge in [-0.15, -0.1) is 0 Å². The predicted molar refractivity (Wildman–Crippen MR) is 84.0 cm³/mol. The number of hydrogen-bond donors (Lipinski definition) is 1. The third-order valence-electron chi connectivity index (χ3n) is 3.53. The summed E-state index contributed by atoms with van der Waals surface area (Å²) in [5.74, 6) is -0.190. The molecule has 0 saturated carbocycles. The van der Waals surface area contributed by atoms with Gasteiger partial charge in [0.05, 0.1) is 4.47 Å². The van der Waals surface area contributed by atoms with Gasteiger partial charge in [-0.05, 0) is 53.5 Å². The summed E-state index contributed by atoms with van der Waals surface area (Å²) in [6, 6.07) is 5.78. The van der Waals surface area contributed by atoms with Crippen LogP contribution >= 0.6 is 15.9 Å². The summed E-state index contributed by atoms with van der Waals surface area (Å²) in [7, 11) is 2.01. The second-order valence-electron chi connectivity index (χ2n) is 5.14. The van der Waals surface area contributed by atoms with Crippen LogP contribution in [0.5, 0.6) is 0 Å². The van der Waals surface area contributed by atoms with Crippen molar-refractivity contribution in [3.63, 3.8) is 0 Å². The molecule has 3 heteroatoms. The highest BCUT2D eigenvalue weighted by Crippen LogP contribution is 2.19. The Morgan fingerprint density at radius 3 is 2.58 bits per heavy atom. The molecule has 0 fully saturated rings. The maximum Gasteiger partial charge on any atom is 0.137 e. The molecule has 0 spiro atoms. The highest BCUT2D eigenvalue weighted by molar-refractivity contribution is 9.10.